The Morgan fingerprint density at radius 1 is 1.28 bits per heavy atom. The molecule has 2 saturated heterocycles. The Morgan fingerprint density at radius 2 is 2.11 bits per heavy atom. The lowest BCUT2D eigenvalue weighted by atomic mass is 9.96. The Morgan fingerprint density at radius 3 is 2.72 bits per heavy atom. The quantitative estimate of drug-likeness (QED) is 0.777. The van der Waals surface area contributed by atoms with E-state index in [4.69, 9.17) is 0 Å². The molecule has 2 N–H and O–H groups in total. The van der Waals surface area contributed by atoms with Crippen LogP contribution in [0.15, 0.2) is 0 Å². The van der Waals surface area contributed by atoms with Crippen molar-refractivity contribution >= 4 is 10.2 Å². The van der Waals surface area contributed by atoms with Gasteiger partial charge in [-0.15, -0.1) is 0 Å². The minimum atomic E-state index is -3.28. The van der Waals surface area contributed by atoms with Crippen LogP contribution >= 0.6 is 0 Å². The number of piperidine rings is 2. The van der Waals surface area contributed by atoms with E-state index in [1.807, 2.05) is 0 Å². The normalized spacial score (nSPS) is 41.4. The van der Waals surface area contributed by atoms with E-state index in [-0.39, 0.29) is 12.1 Å². The maximum Gasteiger partial charge on any atom is 0.280 e. The van der Waals surface area contributed by atoms with Gasteiger partial charge >= 0.3 is 0 Å². The number of hydrogen-bond acceptors (Lipinski definition) is 3. The Hall–Kier alpha value is -0.170. The van der Waals surface area contributed by atoms with E-state index in [2.05, 4.69) is 17.0 Å². The summed E-state index contributed by atoms with van der Waals surface area (Å²) in [6, 6.07) is 0.308. The summed E-state index contributed by atoms with van der Waals surface area (Å²) in [6.45, 7) is 4.61. The molecule has 4 unspecified atom stereocenters. The van der Waals surface area contributed by atoms with Gasteiger partial charge in [0.1, 0.15) is 0 Å². The van der Waals surface area contributed by atoms with Crippen molar-refractivity contribution in [1.82, 2.24) is 14.3 Å². The van der Waals surface area contributed by atoms with Gasteiger partial charge in [-0.3, -0.25) is 0 Å². The number of fused-ring (bicyclic) bond motifs is 2. The molecule has 0 spiro atoms. The molecule has 1 aliphatic carbocycles. The second-order valence-electron chi connectivity index (χ2n) is 6.10. The van der Waals surface area contributed by atoms with E-state index in [1.54, 1.807) is 4.31 Å². The van der Waals surface area contributed by atoms with Crippen LogP contribution < -0.4 is 10.0 Å². The molecule has 4 atom stereocenters. The number of rotatable bonds is 3. The van der Waals surface area contributed by atoms with E-state index < -0.39 is 10.2 Å². The molecule has 3 aliphatic rings. The van der Waals surface area contributed by atoms with Gasteiger partial charge in [-0.25, -0.2) is 0 Å². The van der Waals surface area contributed by atoms with Crippen molar-refractivity contribution in [3.63, 3.8) is 0 Å². The summed E-state index contributed by atoms with van der Waals surface area (Å²) in [5.74, 6) is 1.02. The summed E-state index contributed by atoms with van der Waals surface area (Å²) in [5.41, 5.74) is 0. The van der Waals surface area contributed by atoms with Gasteiger partial charge in [0.2, 0.25) is 0 Å². The van der Waals surface area contributed by atoms with Crippen LogP contribution in [0.1, 0.15) is 32.6 Å². The molecule has 2 aliphatic heterocycles. The lowest BCUT2D eigenvalue weighted by Gasteiger charge is -2.33. The summed E-state index contributed by atoms with van der Waals surface area (Å²) < 4.78 is 29.5. The summed E-state index contributed by atoms with van der Waals surface area (Å²) in [6.07, 6.45) is 4.36. The average Bonchev–Trinajstić information content (AvgIpc) is 2.94. The zero-order chi connectivity index (χ0) is 12.8. The second kappa shape index (κ2) is 4.74. The maximum absolute atomic E-state index is 12.4. The third-order valence-electron chi connectivity index (χ3n) is 4.80. The van der Waals surface area contributed by atoms with Crippen LogP contribution in [-0.2, 0) is 10.2 Å². The van der Waals surface area contributed by atoms with Crippen LogP contribution in [0.3, 0.4) is 0 Å². The highest BCUT2D eigenvalue weighted by molar-refractivity contribution is 7.87. The molecule has 18 heavy (non-hydrogen) atoms. The van der Waals surface area contributed by atoms with E-state index >= 15 is 0 Å². The summed E-state index contributed by atoms with van der Waals surface area (Å²) in [5, 5.41) is 3.27. The molecule has 2 bridgehead atoms. The molecule has 5 nitrogen and oxygen atoms in total. The van der Waals surface area contributed by atoms with Gasteiger partial charge in [-0.05, 0) is 44.1 Å². The van der Waals surface area contributed by atoms with Gasteiger partial charge < -0.3 is 5.32 Å². The van der Waals surface area contributed by atoms with Crippen LogP contribution in [0.2, 0.25) is 0 Å². The van der Waals surface area contributed by atoms with Crippen molar-refractivity contribution in [2.75, 3.05) is 19.6 Å². The summed E-state index contributed by atoms with van der Waals surface area (Å²) in [7, 11) is -3.28. The topological polar surface area (TPSA) is 61.4 Å². The second-order valence-corrected chi connectivity index (χ2v) is 7.76. The number of nitrogens with zero attached hydrogens (tertiary/aromatic N) is 1. The first-order chi connectivity index (χ1) is 8.56. The Kier molecular flexibility index (Phi) is 3.38. The average molecular weight is 273 g/mol. The highest BCUT2D eigenvalue weighted by Crippen LogP contribution is 2.38. The van der Waals surface area contributed by atoms with E-state index in [9.17, 15) is 8.42 Å². The zero-order valence-electron chi connectivity index (χ0n) is 10.9. The van der Waals surface area contributed by atoms with Crippen molar-refractivity contribution in [1.29, 1.82) is 0 Å². The maximum atomic E-state index is 12.4. The fourth-order valence-corrected chi connectivity index (χ4v) is 5.41. The standard InChI is InChI=1S/C12H23N3O2S/c1-9-4-5-13-7-12(9)14-18(16,17)15-8-10-2-3-11(15)6-10/h9-14H,2-8H2,1H3. The van der Waals surface area contributed by atoms with Crippen LogP contribution in [0.4, 0.5) is 0 Å². The molecular formula is C12H23N3O2S. The molecule has 0 aromatic carbocycles. The minimum absolute atomic E-state index is 0.0443. The molecule has 104 valence electrons. The third kappa shape index (κ3) is 2.31. The lowest BCUT2D eigenvalue weighted by Crippen LogP contribution is -2.55. The van der Waals surface area contributed by atoms with Crippen LogP contribution in [0, 0.1) is 11.8 Å². The van der Waals surface area contributed by atoms with Gasteiger partial charge in [-0.1, -0.05) is 6.92 Å². The zero-order valence-corrected chi connectivity index (χ0v) is 11.7. The minimum Gasteiger partial charge on any atom is -0.315 e. The van der Waals surface area contributed by atoms with Gasteiger partial charge in [0.05, 0.1) is 0 Å². The van der Waals surface area contributed by atoms with Crippen molar-refractivity contribution < 1.29 is 8.42 Å². The van der Waals surface area contributed by atoms with Crippen molar-refractivity contribution in [2.45, 2.75) is 44.7 Å². The SMILES string of the molecule is CC1CCNCC1NS(=O)(=O)N1CC2CCC1C2. The first-order valence-corrected chi connectivity index (χ1v) is 8.50. The Balaban J connectivity index is 1.67. The molecule has 3 fully saturated rings. The largest absolute Gasteiger partial charge is 0.315 e. The van der Waals surface area contributed by atoms with E-state index in [0.717, 1.165) is 38.9 Å². The molecule has 3 rings (SSSR count). The predicted octanol–water partition coefficient (Wildman–Crippen LogP) is 0.303. The number of nitrogens with one attached hydrogen (secondary N) is 2. The Labute approximate surface area is 109 Å². The lowest BCUT2D eigenvalue weighted by molar-refractivity contribution is 0.297. The first kappa shape index (κ1) is 12.8. The highest BCUT2D eigenvalue weighted by atomic mass is 32.2. The van der Waals surface area contributed by atoms with Gasteiger partial charge in [0.25, 0.3) is 10.2 Å². The highest BCUT2D eigenvalue weighted by Gasteiger charge is 2.44. The summed E-state index contributed by atoms with van der Waals surface area (Å²) in [4.78, 5) is 0. The van der Waals surface area contributed by atoms with E-state index in [1.165, 1.54) is 6.42 Å². The fourth-order valence-electron chi connectivity index (χ4n) is 3.58. The molecule has 0 aromatic rings. The van der Waals surface area contributed by atoms with Crippen LogP contribution in [0.25, 0.3) is 0 Å². The molecule has 0 aromatic heterocycles. The van der Waals surface area contributed by atoms with Crippen LogP contribution in [-0.4, -0.2) is 44.4 Å². The third-order valence-corrected chi connectivity index (χ3v) is 6.46. The monoisotopic (exact) mass is 273 g/mol. The Bertz CT molecular complexity index is 412. The van der Waals surface area contributed by atoms with Gasteiger partial charge in [0.15, 0.2) is 0 Å². The van der Waals surface area contributed by atoms with Crippen molar-refractivity contribution in [3.8, 4) is 0 Å². The van der Waals surface area contributed by atoms with Crippen LogP contribution in [0.5, 0.6) is 0 Å². The predicted molar refractivity (Wildman–Crippen MR) is 70.3 cm³/mol. The van der Waals surface area contributed by atoms with Gasteiger partial charge in [-0.2, -0.15) is 17.4 Å². The summed E-state index contributed by atoms with van der Waals surface area (Å²) >= 11 is 0. The fraction of sp³-hybridized carbons (Fsp3) is 1.00. The molecule has 0 amide bonds. The molecular weight excluding hydrogens is 250 g/mol. The van der Waals surface area contributed by atoms with Crippen molar-refractivity contribution in [2.24, 2.45) is 11.8 Å². The van der Waals surface area contributed by atoms with E-state index in [0.29, 0.717) is 11.8 Å². The molecule has 6 heteroatoms. The molecule has 0 radical (unpaired) electrons. The van der Waals surface area contributed by atoms with Gasteiger partial charge in [0, 0.05) is 25.2 Å². The molecule has 1 saturated carbocycles. The first-order valence-electron chi connectivity index (χ1n) is 7.06. The molecule has 2 heterocycles. The number of hydrogen-bond donors (Lipinski definition) is 2. The smallest absolute Gasteiger partial charge is 0.280 e. The van der Waals surface area contributed by atoms with Crippen molar-refractivity contribution in [3.05, 3.63) is 0 Å².